The van der Waals surface area contributed by atoms with E-state index in [1.54, 1.807) is 48.5 Å². The van der Waals surface area contributed by atoms with Crippen molar-refractivity contribution in [2.45, 2.75) is 0 Å². The van der Waals surface area contributed by atoms with Gasteiger partial charge in [-0.05, 0) is 42.5 Å². The Bertz CT molecular complexity index is 1210. The molecule has 0 aromatic heterocycles. The van der Waals surface area contributed by atoms with Crippen LogP contribution in [0.25, 0.3) is 0 Å². The maximum Gasteiger partial charge on any atom is 0.269 e. The summed E-state index contributed by atoms with van der Waals surface area (Å²) >= 11 is 3.24. The van der Waals surface area contributed by atoms with Gasteiger partial charge in [0.1, 0.15) is 5.48 Å². The molecule has 9 heteroatoms. The maximum atomic E-state index is 10.6. The summed E-state index contributed by atoms with van der Waals surface area (Å²) in [6.45, 7) is -4.18. The molecule has 0 saturated heterocycles. The smallest absolute Gasteiger partial charge is 0.269 e. The van der Waals surface area contributed by atoms with E-state index < -0.39 is 18.4 Å². The van der Waals surface area contributed by atoms with Crippen molar-refractivity contribution < 1.29 is 29.4 Å². The summed E-state index contributed by atoms with van der Waals surface area (Å²) in [4.78, 5) is 10.1. The van der Waals surface area contributed by atoms with E-state index in [0.717, 1.165) is 4.47 Å². The molecule has 1 N–H and O–H groups in total. The average Bonchev–Trinajstić information content (AvgIpc) is 3.20. The van der Waals surface area contributed by atoms with Gasteiger partial charge in [0.25, 0.3) is 5.69 Å². The third kappa shape index (κ3) is 4.52. The molecule has 0 saturated carbocycles. The van der Waals surface area contributed by atoms with E-state index in [0.29, 0.717) is 34.4 Å². The van der Waals surface area contributed by atoms with Crippen LogP contribution in [0.2, 0.25) is 0 Å². The van der Waals surface area contributed by atoms with Crippen LogP contribution >= 0.6 is 15.9 Å². The second-order valence-corrected chi connectivity index (χ2v) is 6.67. The zero-order valence-corrected chi connectivity index (χ0v) is 16.1. The van der Waals surface area contributed by atoms with Gasteiger partial charge in [-0.15, -0.1) is 0 Å². The lowest BCUT2D eigenvalue weighted by molar-refractivity contribution is -0.384. The highest BCUT2D eigenvalue weighted by Gasteiger charge is 2.13. The zero-order valence-electron chi connectivity index (χ0n) is 18.5. The predicted octanol–water partition coefficient (Wildman–Crippen LogP) is 5.24. The summed E-state index contributed by atoms with van der Waals surface area (Å²) < 4.78 is 49.5. The number of halogens is 1. The lowest BCUT2D eigenvalue weighted by Crippen LogP contribution is -1.93. The highest BCUT2D eigenvalue weighted by atomic mass is 79.9. The molecule has 2 heterocycles. The molecule has 0 aliphatic carbocycles. The summed E-state index contributed by atoms with van der Waals surface area (Å²) in [7, 11) is 0. The van der Waals surface area contributed by atoms with Crippen LogP contribution in [0.3, 0.4) is 0 Å². The molecular weight excluding hydrogens is 444 g/mol. The van der Waals surface area contributed by atoms with Gasteiger partial charge in [0, 0.05) is 34.0 Å². The van der Waals surface area contributed by atoms with Crippen molar-refractivity contribution >= 4 is 33.0 Å². The van der Waals surface area contributed by atoms with E-state index in [2.05, 4.69) is 21.2 Å². The molecule has 0 amide bonds. The van der Waals surface area contributed by atoms with E-state index >= 15 is 0 Å². The summed E-state index contributed by atoms with van der Waals surface area (Å²) in [6.07, 6.45) is 0. The molecular formula is C20H15BrN2O6. The van der Waals surface area contributed by atoms with Crippen LogP contribution in [0.4, 0.5) is 17.1 Å². The number of nitro benzene ring substituents is 1. The van der Waals surface area contributed by atoms with E-state index in [1.165, 1.54) is 12.1 Å². The fourth-order valence-electron chi connectivity index (χ4n) is 2.45. The third-order valence-electron chi connectivity index (χ3n) is 3.82. The van der Waals surface area contributed by atoms with Gasteiger partial charge in [-0.3, -0.25) is 10.1 Å². The molecule has 2 aliphatic rings. The van der Waals surface area contributed by atoms with E-state index in [-0.39, 0.29) is 5.69 Å². The molecule has 0 radical (unpaired) electrons. The Morgan fingerprint density at radius 3 is 2.03 bits per heavy atom. The Morgan fingerprint density at radius 1 is 0.828 bits per heavy atom. The van der Waals surface area contributed by atoms with Crippen molar-refractivity contribution in [3.8, 4) is 23.0 Å². The third-order valence-corrected chi connectivity index (χ3v) is 4.32. The van der Waals surface area contributed by atoms with Crippen molar-refractivity contribution in [3.05, 3.63) is 75.3 Å². The molecule has 3 aromatic rings. The molecule has 29 heavy (non-hydrogen) atoms. The van der Waals surface area contributed by atoms with Crippen LogP contribution in [-0.2, 0) is 0 Å². The lowest BCUT2D eigenvalue weighted by atomic mass is 10.2. The number of benzene rings is 3. The van der Waals surface area contributed by atoms with Gasteiger partial charge in [0.15, 0.2) is 23.0 Å². The monoisotopic (exact) mass is 462 g/mol. The first kappa shape index (κ1) is 14.5. The largest absolute Gasteiger partial charge is 0.454 e. The van der Waals surface area contributed by atoms with Crippen LogP contribution in [0.5, 0.6) is 23.0 Å². The standard InChI is InChI=1S/C13H10N2O4.C7H5BrO2/c16-15(17)11-4-1-9(2-5-11)14-10-3-6-12-13(7-10)19-8-18-12;8-5-1-2-6-7(3-5)10-4-9-6/h1-7,14H,8H2;1-3H,4H2/i8D2;4D2. The fraction of sp³-hybridized carbons (Fsp3) is 0.100. The van der Waals surface area contributed by atoms with Crippen molar-refractivity contribution in [1.82, 2.24) is 0 Å². The second kappa shape index (κ2) is 8.27. The fourth-order valence-corrected chi connectivity index (χ4v) is 2.79. The predicted molar refractivity (Wildman–Crippen MR) is 109 cm³/mol. The first-order chi connectivity index (χ1) is 15.5. The summed E-state index contributed by atoms with van der Waals surface area (Å²) in [5, 5.41) is 13.6. The summed E-state index contributed by atoms with van der Waals surface area (Å²) in [6, 6.07) is 15.9. The van der Waals surface area contributed by atoms with Crippen LogP contribution in [0.15, 0.2) is 65.1 Å². The molecule has 0 unspecified atom stereocenters. The van der Waals surface area contributed by atoms with Gasteiger partial charge < -0.3 is 24.3 Å². The number of anilines is 2. The molecule has 148 valence electrons. The Labute approximate surface area is 179 Å². The van der Waals surface area contributed by atoms with Crippen molar-refractivity contribution in [2.75, 3.05) is 18.8 Å². The Hall–Kier alpha value is -3.46. The first-order valence-electron chi connectivity index (χ1n) is 10.2. The maximum absolute atomic E-state index is 10.6. The lowest BCUT2D eigenvalue weighted by Gasteiger charge is -2.06. The van der Waals surface area contributed by atoms with Crippen LogP contribution < -0.4 is 24.3 Å². The molecule has 3 aromatic carbocycles. The Morgan fingerprint density at radius 2 is 1.38 bits per heavy atom. The van der Waals surface area contributed by atoms with Gasteiger partial charge >= 0.3 is 0 Å². The number of nitrogens with one attached hydrogen (secondary N) is 1. The second-order valence-electron chi connectivity index (χ2n) is 5.76. The number of rotatable bonds is 3. The zero-order chi connectivity index (χ0) is 23.8. The van der Waals surface area contributed by atoms with Gasteiger partial charge in [-0.1, -0.05) is 15.9 Å². The van der Waals surface area contributed by atoms with Crippen molar-refractivity contribution in [2.24, 2.45) is 0 Å². The SMILES string of the molecule is [2H]C1([2H])Oc2ccc(Br)cc2O1.[2H]C1([2H])Oc2ccc(Nc3ccc([N+](=O)[O-])cc3)cc2O1. The highest BCUT2D eigenvalue weighted by Crippen LogP contribution is 2.35. The van der Waals surface area contributed by atoms with Gasteiger partial charge in [0.2, 0.25) is 13.5 Å². The molecule has 2 aliphatic heterocycles. The first-order valence-corrected chi connectivity index (χ1v) is 9.00. The van der Waals surface area contributed by atoms with E-state index in [4.69, 9.17) is 24.4 Å². The number of nitrogens with zero attached hydrogens (tertiary/aromatic N) is 1. The van der Waals surface area contributed by atoms with Crippen LogP contribution in [-0.4, -0.2) is 18.4 Å². The van der Waals surface area contributed by atoms with Gasteiger partial charge in [0.05, 0.1) is 4.92 Å². The quantitative estimate of drug-likeness (QED) is 0.419. The number of hydrogen-bond donors (Lipinski definition) is 1. The Balaban J connectivity index is 0.000000183. The molecule has 0 fully saturated rings. The number of nitro groups is 1. The van der Waals surface area contributed by atoms with Gasteiger partial charge in [-0.25, -0.2) is 0 Å². The molecule has 0 atom stereocenters. The minimum atomic E-state index is -2.16. The molecule has 8 nitrogen and oxygen atoms in total. The topological polar surface area (TPSA) is 92.1 Å². The Kier molecular flexibility index (Phi) is 4.14. The van der Waals surface area contributed by atoms with Crippen LogP contribution in [0.1, 0.15) is 5.48 Å². The summed E-state index contributed by atoms with van der Waals surface area (Å²) in [5.41, 5.74) is 1.34. The minimum absolute atomic E-state index is 0.0134. The van der Waals surface area contributed by atoms with E-state index in [9.17, 15) is 10.1 Å². The van der Waals surface area contributed by atoms with Gasteiger partial charge in [-0.2, -0.15) is 0 Å². The molecule has 0 spiro atoms. The van der Waals surface area contributed by atoms with Crippen molar-refractivity contribution in [1.29, 1.82) is 0 Å². The molecule has 5 rings (SSSR count). The number of ether oxygens (including phenoxy) is 4. The molecule has 0 bridgehead atoms. The van der Waals surface area contributed by atoms with E-state index in [1.807, 2.05) is 0 Å². The van der Waals surface area contributed by atoms with Crippen LogP contribution in [0, 0.1) is 10.1 Å². The average molecular weight is 463 g/mol. The number of hydrogen-bond acceptors (Lipinski definition) is 7. The highest BCUT2D eigenvalue weighted by molar-refractivity contribution is 9.10. The number of fused-ring (bicyclic) bond motifs is 2. The minimum Gasteiger partial charge on any atom is -0.454 e. The summed E-state index contributed by atoms with van der Waals surface area (Å²) in [5.74, 6) is 1.48. The number of non-ortho nitro benzene ring substituents is 1. The van der Waals surface area contributed by atoms with Crippen molar-refractivity contribution in [3.63, 3.8) is 0 Å². The normalized spacial score (nSPS) is 18.2.